The van der Waals surface area contributed by atoms with Gasteiger partial charge in [-0.3, -0.25) is 14.6 Å². The molecule has 2 amide bonds. The molecule has 0 spiro atoms. The highest BCUT2D eigenvalue weighted by molar-refractivity contribution is 5.85. The van der Waals surface area contributed by atoms with Gasteiger partial charge in [0.05, 0.1) is 13.0 Å². The van der Waals surface area contributed by atoms with Crippen molar-refractivity contribution in [3.05, 3.63) is 65.7 Å². The van der Waals surface area contributed by atoms with Gasteiger partial charge in [-0.2, -0.15) is 0 Å². The van der Waals surface area contributed by atoms with Crippen LogP contribution in [0.25, 0.3) is 0 Å². The summed E-state index contributed by atoms with van der Waals surface area (Å²) < 4.78 is 12.7. The van der Waals surface area contributed by atoms with E-state index in [1.807, 2.05) is 6.07 Å². The number of carbonyl (C=O) groups excluding carboxylic acids is 2. The number of carbonyl (C=O) groups is 2. The van der Waals surface area contributed by atoms with Crippen molar-refractivity contribution >= 4 is 11.8 Å². The van der Waals surface area contributed by atoms with Crippen molar-refractivity contribution in [2.24, 2.45) is 0 Å². The van der Waals surface area contributed by atoms with Gasteiger partial charge in [0.15, 0.2) is 0 Å². The van der Waals surface area contributed by atoms with Crippen LogP contribution in [0.2, 0.25) is 0 Å². The Morgan fingerprint density at radius 1 is 1.00 bits per heavy atom. The predicted octanol–water partition coefficient (Wildman–Crippen LogP) is 1.20. The fraction of sp³-hybridized carbons (Fsp3) is 0.188. The van der Waals surface area contributed by atoms with Crippen LogP contribution in [-0.2, 0) is 22.6 Å². The van der Waals surface area contributed by atoms with Crippen molar-refractivity contribution in [1.29, 1.82) is 0 Å². The first kappa shape index (κ1) is 15.6. The van der Waals surface area contributed by atoms with E-state index < -0.39 is 0 Å². The van der Waals surface area contributed by atoms with Crippen LogP contribution in [-0.4, -0.2) is 23.3 Å². The lowest BCUT2D eigenvalue weighted by Gasteiger charge is -2.07. The highest BCUT2D eigenvalue weighted by atomic mass is 19.1. The molecule has 0 saturated heterocycles. The van der Waals surface area contributed by atoms with Crippen LogP contribution in [0.15, 0.2) is 48.8 Å². The van der Waals surface area contributed by atoms with E-state index in [4.69, 9.17) is 0 Å². The molecule has 1 aromatic heterocycles. The van der Waals surface area contributed by atoms with E-state index in [0.29, 0.717) is 12.1 Å². The second-order valence-electron chi connectivity index (χ2n) is 4.72. The quantitative estimate of drug-likeness (QED) is 0.842. The number of hydrogen-bond acceptors (Lipinski definition) is 3. The van der Waals surface area contributed by atoms with Gasteiger partial charge in [0, 0.05) is 18.9 Å². The van der Waals surface area contributed by atoms with E-state index in [1.54, 1.807) is 18.5 Å². The molecule has 0 atom stereocenters. The van der Waals surface area contributed by atoms with Gasteiger partial charge in [0.1, 0.15) is 5.82 Å². The van der Waals surface area contributed by atoms with Gasteiger partial charge in [-0.05, 0) is 29.3 Å². The fourth-order valence-electron chi connectivity index (χ4n) is 1.79. The summed E-state index contributed by atoms with van der Waals surface area (Å²) in [5, 5.41) is 5.20. The normalized spacial score (nSPS) is 10.0. The first-order chi connectivity index (χ1) is 10.6. The van der Waals surface area contributed by atoms with Crippen molar-refractivity contribution in [3.8, 4) is 0 Å². The number of nitrogens with one attached hydrogen (secondary N) is 2. The summed E-state index contributed by atoms with van der Waals surface area (Å²) in [7, 11) is 0. The van der Waals surface area contributed by atoms with Gasteiger partial charge in [0.25, 0.3) is 0 Å². The van der Waals surface area contributed by atoms with Crippen molar-refractivity contribution in [3.63, 3.8) is 0 Å². The molecule has 0 aliphatic rings. The Balaban J connectivity index is 1.69. The number of halogens is 1. The monoisotopic (exact) mass is 301 g/mol. The zero-order chi connectivity index (χ0) is 15.8. The molecule has 0 fully saturated rings. The fourth-order valence-corrected chi connectivity index (χ4v) is 1.79. The predicted molar refractivity (Wildman–Crippen MR) is 79.2 cm³/mol. The van der Waals surface area contributed by atoms with E-state index in [-0.39, 0.29) is 30.6 Å². The van der Waals surface area contributed by atoms with Crippen molar-refractivity contribution in [1.82, 2.24) is 15.6 Å². The van der Waals surface area contributed by atoms with Crippen LogP contribution >= 0.6 is 0 Å². The van der Waals surface area contributed by atoms with Crippen LogP contribution in [0.3, 0.4) is 0 Å². The summed E-state index contributed by atoms with van der Waals surface area (Å²) in [6.07, 6.45) is 3.42. The lowest BCUT2D eigenvalue weighted by Crippen LogP contribution is -2.37. The molecule has 2 rings (SSSR count). The Hall–Kier alpha value is -2.76. The van der Waals surface area contributed by atoms with Crippen LogP contribution in [0.5, 0.6) is 0 Å². The Morgan fingerprint density at radius 2 is 1.77 bits per heavy atom. The second kappa shape index (κ2) is 7.87. The van der Waals surface area contributed by atoms with Crippen LogP contribution in [0.4, 0.5) is 4.39 Å². The molecule has 22 heavy (non-hydrogen) atoms. The van der Waals surface area contributed by atoms with Gasteiger partial charge in [-0.25, -0.2) is 4.39 Å². The van der Waals surface area contributed by atoms with Gasteiger partial charge < -0.3 is 10.6 Å². The molecule has 2 aromatic rings. The summed E-state index contributed by atoms with van der Waals surface area (Å²) >= 11 is 0. The van der Waals surface area contributed by atoms with Crippen molar-refractivity contribution in [2.75, 3.05) is 6.54 Å². The summed E-state index contributed by atoms with van der Waals surface area (Å²) in [6.45, 7) is 0.265. The van der Waals surface area contributed by atoms with E-state index in [1.165, 1.54) is 24.3 Å². The number of rotatable bonds is 6. The number of aromatic nitrogens is 1. The molecule has 2 N–H and O–H groups in total. The molecular weight excluding hydrogens is 285 g/mol. The summed E-state index contributed by atoms with van der Waals surface area (Å²) in [5.41, 5.74) is 1.57. The number of hydrogen-bond donors (Lipinski definition) is 2. The largest absolute Gasteiger partial charge is 0.350 e. The van der Waals surface area contributed by atoms with Gasteiger partial charge in [-0.1, -0.05) is 18.2 Å². The van der Waals surface area contributed by atoms with Gasteiger partial charge in [0.2, 0.25) is 11.8 Å². The smallest absolute Gasteiger partial charge is 0.239 e. The molecule has 0 radical (unpaired) electrons. The van der Waals surface area contributed by atoms with Gasteiger partial charge >= 0.3 is 0 Å². The lowest BCUT2D eigenvalue weighted by atomic mass is 10.1. The molecule has 5 nitrogen and oxygen atoms in total. The maximum atomic E-state index is 12.7. The van der Waals surface area contributed by atoms with Crippen molar-refractivity contribution < 1.29 is 14.0 Å². The molecule has 0 saturated carbocycles. The average Bonchev–Trinajstić information content (AvgIpc) is 2.54. The zero-order valence-electron chi connectivity index (χ0n) is 11.9. The molecule has 1 aromatic carbocycles. The highest BCUT2D eigenvalue weighted by Crippen LogP contribution is 2.03. The molecule has 6 heteroatoms. The Labute approximate surface area is 127 Å². The standard InChI is InChI=1S/C16H16FN3O2/c17-14-5-3-12(4-6-14)8-15(21)20-11-16(22)19-10-13-2-1-7-18-9-13/h1-7,9H,8,10-11H2,(H,19,22)(H,20,21). The zero-order valence-corrected chi connectivity index (χ0v) is 11.9. The third kappa shape index (κ3) is 5.32. The maximum absolute atomic E-state index is 12.7. The minimum absolute atomic E-state index is 0.0969. The lowest BCUT2D eigenvalue weighted by molar-refractivity contribution is -0.125. The second-order valence-corrected chi connectivity index (χ2v) is 4.72. The third-order valence-corrected chi connectivity index (χ3v) is 2.94. The Kier molecular flexibility index (Phi) is 5.59. The molecule has 0 bridgehead atoms. The topological polar surface area (TPSA) is 71.1 Å². The first-order valence-electron chi connectivity index (χ1n) is 6.80. The van der Waals surface area contributed by atoms with Crippen LogP contribution in [0, 0.1) is 5.82 Å². The minimum Gasteiger partial charge on any atom is -0.350 e. The maximum Gasteiger partial charge on any atom is 0.239 e. The average molecular weight is 301 g/mol. The highest BCUT2D eigenvalue weighted by Gasteiger charge is 2.06. The van der Waals surface area contributed by atoms with E-state index in [0.717, 1.165) is 5.56 Å². The molecule has 0 aliphatic carbocycles. The van der Waals surface area contributed by atoms with E-state index >= 15 is 0 Å². The number of nitrogens with zero attached hydrogens (tertiary/aromatic N) is 1. The minimum atomic E-state index is -0.348. The van der Waals surface area contributed by atoms with Crippen LogP contribution in [0.1, 0.15) is 11.1 Å². The van der Waals surface area contributed by atoms with Crippen molar-refractivity contribution in [2.45, 2.75) is 13.0 Å². The molecule has 114 valence electrons. The SMILES string of the molecule is O=C(CNC(=O)Cc1ccc(F)cc1)NCc1cccnc1. The third-order valence-electron chi connectivity index (χ3n) is 2.94. The van der Waals surface area contributed by atoms with E-state index in [9.17, 15) is 14.0 Å². The number of pyridine rings is 1. The Bertz CT molecular complexity index is 630. The van der Waals surface area contributed by atoms with Gasteiger partial charge in [-0.15, -0.1) is 0 Å². The summed E-state index contributed by atoms with van der Waals surface area (Å²) in [4.78, 5) is 27.2. The molecule has 0 aliphatic heterocycles. The first-order valence-corrected chi connectivity index (χ1v) is 6.80. The van der Waals surface area contributed by atoms with Crippen LogP contribution < -0.4 is 10.6 Å². The summed E-state index contributed by atoms with van der Waals surface area (Å²) in [6, 6.07) is 9.30. The Morgan fingerprint density at radius 3 is 2.45 bits per heavy atom. The molecule has 0 unspecified atom stereocenters. The summed E-state index contributed by atoms with van der Waals surface area (Å²) in [5.74, 6) is -0.918. The van der Waals surface area contributed by atoms with E-state index in [2.05, 4.69) is 15.6 Å². The molecule has 1 heterocycles. The number of amides is 2. The molecular formula is C16H16FN3O2. The number of benzene rings is 1.